The van der Waals surface area contributed by atoms with Gasteiger partial charge in [-0.3, -0.25) is 4.79 Å². The lowest BCUT2D eigenvalue weighted by Crippen LogP contribution is -2.36. The largest absolute Gasteiger partial charge is 0.489 e. The molecule has 2 rings (SSSR count). The van der Waals surface area contributed by atoms with Gasteiger partial charge in [-0.25, -0.2) is 4.79 Å². The van der Waals surface area contributed by atoms with Gasteiger partial charge < -0.3 is 14.8 Å². The summed E-state index contributed by atoms with van der Waals surface area (Å²) in [6, 6.07) is 15.2. The van der Waals surface area contributed by atoms with Crippen LogP contribution in [0.3, 0.4) is 0 Å². The van der Waals surface area contributed by atoms with E-state index in [4.69, 9.17) is 9.47 Å². The molecule has 0 spiro atoms. The zero-order valence-corrected chi connectivity index (χ0v) is 18.7. The monoisotopic (exact) mass is 411 g/mol. The van der Waals surface area contributed by atoms with Gasteiger partial charge in [0.2, 0.25) is 0 Å². The maximum absolute atomic E-state index is 12.1. The first kappa shape index (κ1) is 23.5. The van der Waals surface area contributed by atoms with Gasteiger partial charge in [0, 0.05) is 6.04 Å². The zero-order valence-electron chi connectivity index (χ0n) is 18.7. The van der Waals surface area contributed by atoms with Crippen molar-refractivity contribution in [3.63, 3.8) is 0 Å². The standard InChI is InChI=1S/C25H33NO4/c1-6-21(7-2)26-23(27)17-30-24(28)19-10-8-18(9-11-19)16-29-22-14-12-20(13-15-22)25(3,4)5/h8-15,21H,6-7,16-17H2,1-5H3,(H,26,27). The maximum Gasteiger partial charge on any atom is 0.338 e. The SMILES string of the molecule is CCC(CC)NC(=O)COC(=O)c1ccc(COc2ccc(C(C)(C)C)cc2)cc1. The van der Waals surface area contributed by atoms with Gasteiger partial charge in [0.05, 0.1) is 5.56 Å². The number of amides is 1. The van der Waals surface area contributed by atoms with Crippen molar-refractivity contribution < 1.29 is 19.1 Å². The number of carbonyl (C=O) groups is 2. The highest BCUT2D eigenvalue weighted by molar-refractivity contribution is 5.91. The Balaban J connectivity index is 1.83. The van der Waals surface area contributed by atoms with Crippen LogP contribution in [0.5, 0.6) is 5.75 Å². The maximum atomic E-state index is 12.1. The summed E-state index contributed by atoms with van der Waals surface area (Å²) in [7, 11) is 0. The minimum atomic E-state index is -0.514. The lowest BCUT2D eigenvalue weighted by molar-refractivity contribution is -0.125. The molecule has 0 aliphatic carbocycles. The summed E-state index contributed by atoms with van der Waals surface area (Å²) in [4.78, 5) is 24.0. The number of hydrogen-bond acceptors (Lipinski definition) is 4. The number of hydrogen-bond donors (Lipinski definition) is 1. The summed E-state index contributed by atoms with van der Waals surface area (Å²) in [5.41, 5.74) is 2.71. The number of nitrogens with one attached hydrogen (secondary N) is 1. The molecule has 0 aliphatic heterocycles. The molecule has 5 nitrogen and oxygen atoms in total. The molecule has 162 valence electrons. The van der Waals surface area contributed by atoms with E-state index in [1.165, 1.54) is 5.56 Å². The Bertz CT molecular complexity index is 816. The van der Waals surface area contributed by atoms with Gasteiger partial charge in [-0.2, -0.15) is 0 Å². The Morgan fingerprint density at radius 2 is 1.53 bits per heavy atom. The molecule has 0 atom stereocenters. The van der Waals surface area contributed by atoms with Crippen LogP contribution in [0.1, 0.15) is 68.9 Å². The van der Waals surface area contributed by atoms with Crippen LogP contribution in [0, 0.1) is 0 Å². The second-order valence-electron chi connectivity index (χ2n) is 8.42. The minimum absolute atomic E-state index is 0.108. The van der Waals surface area contributed by atoms with Crippen molar-refractivity contribution in [2.45, 2.75) is 65.5 Å². The summed E-state index contributed by atoms with van der Waals surface area (Å²) in [6.45, 7) is 10.7. The van der Waals surface area contributed by atoms with Crippen LogP contribution in [0.15, 0.2) is 48.5 Å². The van der Waals surface area contributed by atoms with E-state index >= 15 is 0 Å². The van der Waals surface area contributed by atoms with Crippen molar-refractivity contribution in [1.29, 1.82) is 0 Å². The fraction of sp³-hybridized carbons (Fsp3) is 0.440. The highest BCUT2D eigenvalue weighted by Gasteiger charge is 2.14. The van der Waals surface area contributed by atoms with Crippen molar-refractivity contribution in [3.8, 4) is 5.75 Å². The third-order valence-electron chi connectivity index (χ3n) is 5.00. The molecule has 0 aliphatic rings. The van der Waals surface area contributed by atoms with E-state index in [0.717, 1.165) is 24.2 Å². The first-order valence-electron chi connectivity index (χ1n) is 10.5. The molecule has 0 saturated heterocycles. The molecule has 0 unspecified atom stereocenters. The van der Waals surface area contributed by atoms with Crippen LogP contribution in [0.2, 0.25) is 0 Å². The molecular weight excluding hydrogens is 378 g/mol. The number of rotatable bonds is 9. The summed E-state index contributed by atoms with van der Waals surface area (Å²) >= 11 is 0. The van der Waals surface area contributed by atoms with Crippen LogP contribution in [0.25, 0.3) is 0 Å². The van der Waals surface area contributed by atoms with Gasteiger partial charge in [0.25, 0.3) is 5.91 Å². The molecule has 1 N–H and O–H groups in total. The highest BCUT2D eigenvalue weighted by atomic mass is 16.5. The van der Waals surface area contributed by atoms with Gasteiger partial charge in [-0.1, -0.05) is 58.9 Å². The van der Waals surface area contributed by atoms with E-state index < -0.39 is 5.97 Å². The lowest BCUT2D eigenvalue weighted by atomic mass is 9.87. The normalized spacial score (nSPS) is 11.3. The second-order valence-corrected chi connectivity index (χ2v) is 8.42. The molecule has 2 aromatic carbocycles. The van der Waals surface area contributed by atoms with E-state index in [-0.39, 0.29) is 24.0 Å². The van der Waals surface area contributed by atoms with E-state index in [1.54, 1.807) is 12.1 Å². The zero-order chi connectivity index (χ0) is 22.1. The second kappa shape index (κ2) is 10.8. The van der Waals surface area contributed by atoms with Crippen LogP contribution in [-0.4, -0.2) is 24.5 Å². The predicted molar refractivity (Wildman–Crippen MR) is 119 cm³/mol. The Labute approximate surface area is 179 Å². The quantitative estimate of drug-likeness (QED) is 0.588. The lowest BCUT2D eigenvalue weighted by Gasteiger charge is -2.19. The van der Waals surface area contributed by atoms with Gasteiger partial charge >= 0.3 is 5.97 Å². The van der Waals surface area contributed by atoms with E-state index in [9.17, 15) is 9.59 Å². The van der Waals surface area contributed by atoms with Crippen LogP contribution in [0.4, 0.5) is 0 Å². The molecule has 0 radical (unpaired) electrons. The summed E-state index contributed by atoms with van der Waals surface area (Å²) in [6.07, 6.45) is 1.70. The predicted octanol–water partition coefficient (Wildman–Crippen LogP) is 5.02. The molecular formula is C25H33NO4. The van der Waals surface area contributed by atoms with Crippen molar-refractivity contribution in [1.82, 2.24) is 5.32 Å². The first-order chi connectivity index (χ1) is 14.2. The first-order valence-corrected chi connectivity index (χ1v) is 10.5. The number of carbonyl (C=O) groups excluding carboxylic acids is 2. The van der Waals surface area contributed by atoms with E-state index in [2.05, 4.69) is 38.2 Å². The smallest absolute Gasteiger partial charge is 0.338 e. The fourth-order valence-electron chi connectivity index (χ4n) is 2.93. The molecule has 0 heterocycles. The third-order valence-corrected chi connectivity index (χ3v) is 5.00. The molecule has 0 bridgehead atoms. The number of esters is 1. The van der Waals surface area contributed by atoms with Crippen LogP contribution in [-0.2, 0) is 21.6 Å². The average molecular weight is 412 g/mol. The third kappa shape index (κ3) is 7.21. The Kier molecular flexibility index (Phi) is 8.46. The van der Waals surface area contributed by atoms with Crippen molar-refractivity contribution in [2.24, 2.45) is 0 Å². The number of ether oxygens (including phenoxy) is 2. The van der Waals surface area contributed by atoms with Gasteiger partial charge in [0.1, 0.15) is 12.4 Å². The summed E-state index contributed by atoms with van der Waals surface area (Å²) in [5, 5.41) is 2.84. The molecule has 5 heteroatoms. The van der Waals surface area contributed by atoms with E-state index in [1.807, 2.05) is 38.1 Å². The topological polar surface area (TPSA) is 64.6 Å². The summed E-state index contributed by atoms with van der Waals surface area (Å²) in [5.74, 6) is 0.00875. The van der Waals surface area contributed by atoms with Crippen molar-refractivity contribution in [3.05, 3.63) is 65.2 Å². The molecule has 2 aromatic rings. The Hall–Kier alpha value is -2.82. The fourth-order valence-corrected chi connectivity index (χ4v) is 2.93. The minimum Gasteiger partial charge on any atom is -0.489 e. The highest BCUT2D eigenvalue weighted by Crippen LogP contribution is 2.24. The molecule has 0 saturated carbocycles. The summed E-state index contributed by atoms with van der Waals surface area (Å²) < 4.78 is 10.9. The molecule has 0 fully saturated rings. The van der Waals surface area contributed by atoms with Gasteiger partial charge in [-0.05, 0) is 53.6 Å². The Morgan fingerprint density at radius 3 is 2.07 bits per heavy atom. The van der Waals surface area contributed by atoms with Crippen LogP contribution >= 0.6 is 0 Å². The molecule has 1 amide bonds. The molecule has 30 heavy (non-hydrogen) atoms. The van der Waals surface area contributed by atoms with E-state index in [0.29, 0.717) is 12.2 Å². The van der Waals surface area contributed by atoms with Gasteiger partial charge in [-0.15, -0.1) is 0 Å². The van der Waals surface area contributed by atoms with Crippen molar-refractivity contribution >= 4 is 11.9 Å². The van der Waals surface area contributed by atoms with Crippen molar-refractivity contribution in [2.75, 3.05) is 6.61 Å². The Morgan fingerprint density at radius 1 is 0.933 bits per heavy atom. The molecule has 0 aromatic heterocycles. The van der Waals surface area contributed by atoms with Gasteiger partial charge in [0.15, 0.2) is 6.61 Å². The average Bonchev–Trinajstić information content (AvgIpc) is 2.74. The number of benzene rings is 2. The van der Waals surface area contributed by atoms with Crippen LogP contribution < -0.4 is 10.1 Å².